The number of rotatable bonds is 1. The molecule has 0 spiro atoms. The number of fused-ring (bicyclic) bond motifs is 3. The van der Waals surface area contributed by atoms with Crippen LogP contribution in [0.25, 0.3) is 21.0 Å². The monoisotopic (exact) mass is 365 g/mol. The fourth-order valence-corrected chi connectivity index (χ4v) is 4.35. The van der Waals surface area contributed by atoms with Gasteiger partial charge in [-0.15, -0.1) is 4.57 Å². The van der Waals surface area contributed by atoms with Crippen LogP contribution in [0.1, 0.15) is 5.56 Å². The van der Waals surface area contributed by atoms with Crippen LogP contribution in [-0.4, -0.2) is 10.6 Å². The van der Waals surface area contributed by atoms with E-state index in [1.165, 1.54) is 5.56 Å². The number of hydrogen-bond donors (Lipinski definition) is 1. The third kappa shape index (κ3) is 2.72. The molecule has 23 heavy (non-hydrogen) atoms. The minimum atomic E-state index is 0. The Morgan fingerprint density at radius 1 is 1.00 bits per heavy atom. The van der Waals surface area contributed by atoms with Gasteiger partial charge in [0.1, 0.15) is 0 Å². The predicted molar refractivity (Wildman–Crippen MR) is 92.7 cm³/mol. The quantitative estimate of drug-likeness (QED) is 0.631. The summed E-state index contributed by atoms with van der Waals surface area (Å²) in [4.78, 5) is 0.861. The summed E-state index contributed by atoms with van der Waals surface area (Å²) in [5, 5.41) is 13.1. The number of aromatic nitrogens is 1. The molecular weight excluding hydrogens is 353 g/mol. The lowest BCUT2D eigenvalue weighted by Gasteiger charge is -2.11. The van der Waals surface area contributed by atoms with Crippen LogP contribution in [0.15, 0.2) is 42.5 Å². The molecule has 0 aliphatic carbocycles. The van der Waals surface area contributed by atoms with E-state index in [0.29, 0.717) is 15.9 Å². The third-order valence-electron chi connectivity index (χ3n) is 3.92. The van der Waals surface area contributed by atoms with E-state index in [1.807, 2.05) is 41.0 Å². The van der Waals surface area contributed by atoms with Gasteiger partial charge in [0.15, 0.2) is 11.4 Å². The first-order valence-corrected chi connectivity index (χ1v) is 8.51. The molecule has 2 aromatic carbocycles. The van der Waals surface area contributed by atoms with E-state index in [1.54, 1.807) is 11.3 Å². The third-order valence-corrected chi connectivity index (χ3v) is 5.66. The maximum atomic E-state index is 10.6. The summed E-state index contributed by atoms with van der Waals surface area (Å²) in [5.74, 6) is 0.313. The van der Waals surface area contributed by atoms with E-state index >= 15 is 0 Å². The lowest BCUT2D eigenvalue weighted by atomic mass is 10.0. The maximum Gasteiger partial charge on any atom is 0.385 e. The number of aryl methyl sites for hydroxylation is 1. The van der Waals surface area contributed by atoms with Crippen molar-refractivity contribution in [3.63, 3.8) is 0 Å². The molecule has 0 saturated heterocycles. The van der Waals surface area contributed by atoms with Crippen molar-refractivity contribution in [3.8, 4) is 26.9 Å². The lowest BCUT2D eigenvalue weighted by molar-refractivity contribution is -0.688. The number of nitrogens with zero attached hydrogens (tertiary/aromatic N) is 1. The standard InChI is InChI=1S/C17H11Cl2NOS.H2O/c18-12-4-2-11(3-5-12)15-16(21)20-8-7-10-1-6-13(19)9-14(10)17(20)22-15;/h1-6,9H,7-8H2;1H2. The van der Waals surface area contributed by atoms with E-state index < -0.39 is 0 Å². The highest BCUT2D eigenvalue weighted by atomic mass is 35.5. The molecule has 0 fully saturated rings. The van der Waals surface area contributed by atoms with Gasteiger partial charge in [-0.2, -0.15) is 0 Å². The molecular formula is C17H13Cl2NO2S. The van der Waals surface area contributed by atoms with E-state index in [9.17, 15) is 5.11 Å². The average Bonchev–Trinajstić information content (AvgIpc) is 2.86. The maximum absolute atomic E-state index is 10.6. The van der Waals surface area contributed by atoms with Crippen LogP contribution in [0.5, 0.6) is 5.88 Å². The van der Waals surface area contributed by atoms with Gasteiger partial charge in [0.05, 0.1) is 5.56 Å². The van der Waals surface area contributed by atoms with Crippen molar-refractivity contribution < 1.29 is 15.1 Å². The molecule has 0 amide bonds. The van der Waals surface area contributed by atoms with Gasteiger partial charge in [-0.25, -0.2) is 0 Å². The zero-order chi connectivity index (χ0) is 15.3. The van der Waals surface area contributed by atoms with Gasteiger partial charge in [0.2, 0.25) is 0 Å². The fourth-order valence-electron chi connectivity index (χ4n) is 2.81. The Hall–Kier alpha value is -1.59. The normalized spacial score (nSPS) is 12.3. The molecule has 0 saturated carbocycles. The molecule has 3 aromatic rings. The highest BCUT2D eigenvalue weighted by Crippen LogP contribution is 2.41. The topological polar surface area (TPSA) is 54.1 Å². The van der Waals surface area contributed by atoms with Crippen LogP contribution in [-0.2, 0) is 13.0 Å². The van der Waals surface area contributed by atoms with Crippen LogP contribution >= 0.6 is 34.5 Å². The van der Waals surface area contributed by atoms with Gasteiger partial charge in [-0.3, -0.25) is 0 Å². The molecule has 2 N–H and O–H groups in total. The molecule has 1 aromatic heterocycles. The molecule has 0 atom stereocenters. The van der Waals surface area contributed by atoms with Gasteiger partial charge >= 0.3 is 5.88 Å². The van der Waals surface area contributed by atoms with Crippen molar-refractivity contribution in [2.24, 2.45) is 0 Å². The summed E-state index contributed by atoms with van der Waals surface area (Å²) >= 11 is 13.7. The van der Waals surface area contributed by atoms with E-state index in [-0.39, 0.29) is 5.48 Å². The zero-order valence-electron chi connectivity index (χ0n) is 12.0. The second kappa shape index (κ2) is 6.13. The van der Waals surface area contributed by atoms with Crippen LogP contribution < -0.4 is 4.57 Å². The molecule has 0 bridgehead atoms. The molecule has 1 aliphatic rings. The number of benzene rings is 2. The molecule has 0 radical (unpaired) electrons. The highest BCUT2D eigenvalue weighted by Gasteiger charge is 2.32. The van der Waals surface area contributed by atoms with Crippen molar-refractivity contribution in [2.45, 2.75) is 13.0 Å². The summed E-state index contributed by atoms with van der Waals surface area (Å²) in [6.45, 7) is 0.778. The van der Waals surface area contributed by atoms with Gasteiger partial charge < -0.3 is 10.6 Å². The highest BCUT2D eigenvalue weighted by molar-refractivity contribution is 7.18. The Morgan fingerprint density at radius 2 is 1.70 bits per heavy atom. The Kier molecular flexibility index (Phi) is 4.34. The summed E-state index contributed by atoms with van der Waals surface area (Å²) in [6, 6.07) is 13.5. The van der Waals surface area contributed by atoms with E-state index in [4.69, 9.17) is 23.2 Å². The Morgan fingerprint density at radius 3 is 2.43 bits per heavy atom. The van der Waals surface area contributed by atoms with E-state index in [2.05, 4.69) is 6.07 Å². The van der Waals surface area contributed by atoms with Crippen molar-refractivity contribution in [3.05, 3.63) is 58.1 Å². The SMILES string of the molecule is Oc1c(-c2ccc(Cl)cc2)sc2[n+]1CCc1ccc(Cl)cc1-2.[OH-]. The van der Waals surface area contributed by atoms with Gasteiger partial charge in [-0.1, -0.05) is 52.7 Å². The van der Waals surface area contributed by atoms with Crippen LogP contribution in [0.2, 0.25) is 10.0 Å². The van der Waals surface area contributed by atoms with Crippen LogP contribution in [0.4, 0.5) is 0 Å². The zero-order valence-corrected chi connectivity index (χ0v) is 14.3. The molecule has 4 rings (SSSR count). The van der Waals surface area contributed by atoms with Gasteiger partial charge in [0.25, 0.3) is 5.01 Å². The first kappa shape index (κ1) is 16.3. The Labute approximate surface area is 147 Å². The molecule has 6 heteroatoms. The van der Waals surface area contributed by atoms with Crippen molar-refractivity contribution in [1.29, 1.82) is 0 Å². The van der Waals surface area contributed by atoms with Crippen LogP contribution in [0.3, 0.4) is 0 Å². The summed E-state index contributed by atoms with van der Waals surface area (Å²) < 4.78 is 1.97. The summed E-state index contributed by atoms with van der Waals surface area (Å²) in [6.07, 6.45) is 0.897. The van der Waals surface area contributed by atoms with Crippen molar-refractivity contribution in [2.75, 3.05) is 0 Å². The predicted octanol–water partition coefficient (Wildman–Crippen LogP) is 4.76. The molecule has 118 valence electrons. The summed E-state index contributed by atoms with van der Waals surface area (Å²) in [7, 11) is 0. The van der Waals surface area contributed by atoms with E-state index in [0.717, 1.165) is 34.0 Å². The molecule has 3 nitrogen and oxygen atoms in total. The summed E-state index contributed by atoms with van der Waals surface area (Å²) in [5.41, 5.74) is 3.35. The number of halogens is 2. The molecule has 1 aliphatic heterocycles. The Bertz CT molecular complexity index is 875. The van der Waals surface area contributed by atoms with Crippen molar-refractivity contribution >= 4 is 34.5 Å². The second-order valence-corrected chi connectivity index (χ2v) is 7.14. The number of hydrogen-bond acceptors (Lipinski definition) is 3. The minimum absolute atomic E-state index is 0. The first-order valence-electron chi connectivity index (χ1n) is 6.94. The van der Waals surface area contributed by atoms with Gasteiger partial charge in [0, 0.05) is 22.0 Å². The largest absolute Gasteiger partial charge is 0.870 e. The first-order chi connectivity index (χ1) is 10.6. The van der Waals surface area contributed by atoms with Gasteiger partial charge in [-0.05, 0) is 29.8 Å². The number of aromatic hydroxyl groups is 1. The Balaban J connectivity index is 0.00000156. The fraction of sp³-hybridized carbons (Fsp3) is 0.118. The van der Waals surface area contributed by atoms with Crippen LogP contribution in [0, 0.1) is 0 Å². The molecule has 0 unspecified atom stereocenters. The second-order valence-electron chi connectivity index (χ2n) is 5.27. The number of thiazole rings is 1. The molecule has 2 heterocycles. The average molecular weight is 366 g/mol. The van der Waals surface area contributed by atoms with Crippen molar-refractivity contribution in [1.82, 2.24) is 0 Å². The minimum Gasteiger partial charge on any atom is -0.870 e. The smallest absolute Gasteiger partial charge is 0.385 e. The lowest BCUT2D eigenvalue weighted by Crippen LogP contribution is -2.37.